The molecule has 1 aliphatic rings. The molecule has 1 nitrogen and oxygen atoms in total. The van der Waals surface area contributed by atoms with Crippen molar-refractivity contribution in [3.05, 3.63) is 5.32 Å². The van der Waals surface area contributed by atoms with Crippen LogP contribution >= 0.6 is 11.8 Å². The van der Waals surface area contributed by atoms with Crippen LogP contribution in [0.25, 0.3) is 5.32 Å². The van der Waals surface area contributed by atoms with Gasteiger partial charge in [-0.2, -0.15) is 18.8 Å². The zero-order valence-corrected chi connectivity index (χ0v) is 8.37. The van der Waals surface area contributed by atoms with Crippen LogP contribution in [0.2, 0.25) is 0 Å². The summed E-state index contributed by atoms with van der Waals surface area (Å²) in [7, 11) is 1.91. The van der Waals surface area contributed by atoms with E-state index in [9.17, 15) is 0 Å². The van der Waals surface area contributed by atoms with Gasteiger partial charge in [-0.05, 0) is 12.2 Å². The molecule has 8 heavy (non-hydrogen) atoms. The second kappa shape index (κ2) is 5.12. The van der Waals surface area contributed by atoms with Crippen molar-refractivity contribution < 1.29 is 29.6 Å². The molecule has 42 valence electrons. The Morgan fingerprint density at radius 3 is 2.62 bits per heavy atom. The van der Waals surface area contributed by atoms with Gasteiger partial charge in [0.05, 0.1) is 0 Å². The van der Waals surface area contributed by atoms with E-state index in [1.54, 1.807) is 0 Å². The van der Waals surface area contributed by atoms with Crippen LogP contribution < -0.4 is 29.6 Å². The minimum atomic E-state index is 0. The van der Waals surface area contributed by atoms with Crippen molar-refractivity contribution >= 4 is 11.8 Å². The Kier molecular flexibility index (Phi) is 5.96. The normalized spacial score (nSPS) is 27.4. The summed E-state index contributed by atoms with van der Waals surface area (Å²) in [6.45, 7) is 0. The molecular weight excluding hydrogens is 129 g/mol. The first kappa shape index (κ1) is 9.31. The van der Waals surface area contributed by atoms with Crippen LogP contribution in [0, 0.1) is 0 Å². The minimum absolute atomic E-state index is 0. The third kappa shape index (κ3) is 2.74. The van der Waals surface area contributed by atoms with Crippen LogP contribution in [-0.4, -0.2) is 18.2 Å². The van der Waals surface area contributed by atoms with Crippen LogP contribution in [0.1, 0.15) is 12.8 Å². The molecule has 1 aliphatic heterocycles. The minimum Gasteiger partial charge on any atom is -0.654 e. The molecule has 0 amide bonds. The van der Waals surface area contributed by atoms with Gasteiger partial charge in [-0.3, -0.25) is 0 Å². The molecule has 0 saturated carbocycles. The predicted molar refractivity (Wildman–Crippen MR) is 34.8 cm³/mol. The van der Waals surface area contributed by atoms with E-state index in [1.807, 2.05) is 18.8 Å². The van der Waals surface area contributed by atoms with Crippen molar-refractivity contribution in [2.75, 3.05) is 12.8 Å². The first-order chi connectivity index (χ1) is 3.43. The van der Waals surface area contributed by atoms with E-state index < -0.39 is 0 Å². The molecule has 1 unspecified atom stereocenters. The van der Waals surface area contributed by atoms with Gasteiger partial charge < -0.3 is 5.32 Å². The van der Waals surface area contributed by atoms with Crippen LogP contribution in [0.4, 0.5) is 0 Å². The van der Waals surface area contributed by atoms with E-state index in [4.69, 9.17) is 0 Å². The van der Waals surface area contributed by atoms with Crippen LogP contribution in [0.15, 0.2) is 0 Å². The number of nitrogens with zero attached hydrogens (tertiary/aromatic N) is 1. The molecule has 3 heteroatoms. The molecule has 0 radical (unpaired) electrons. The summed E-state index contributed by atoms with van der Waals surface area (Å²) in [6.07, 6.45) is 2.67. The molecular formula is C5H10NNaS. The summed E-state index contributed by atoms with van der Waals surface area (Å²) in [6, 6.07) is 0. The molecule has 1 fully saturated rings. The Bertz CT molecular complexity index is 54.4. The largest absolute Gasteiger partial charge is 1.00 e. The SMILES string of the molecule is C[N-]C1CCCS1.[Na+]. The first-order valence-corrected chi connectivity index (χ1v) is 3.69. The molecule has 0 bridgehead atoms. The standard InChI is InChI=1S/C5H10NS.Na/c1-6-5-3-2-4-7-5;/h5H,2-4H2,1H3;/q-1;+1. The molecule has 0 N–H and O–H groups in total. The van der Waals surface area contributed by atoms with E-state index in [1.165, 1.54) is 18.6 Å². The predicted octanol–water partition coefficient (Wildman–Crippen LogP) is -1.15. The molecule has 0 spiro atoms. The fraction of sp³-hybridized carbons (Fsp3) is 1.00. The van der Waals surface area contributed by atoms with Gasteiger partial charge in [-0.1, -0.05) is 11.8 Å². The van der Waals surface area contributed by atoms with Crippen molar-refractivity contribution in [2.24, 2.45) is 0 Å². The molecule has 1 rings (SSSR count). The zero-order chi connectivity index (χ0) is 5.11. The van der Waals surface area contributed by atoms with Gasteiger partial charge in [0.1, 0.15) is 0 Å². The van der Waals surface area contributed by atoms with Crippen molar-refractivity contribution in [1.82, 2.24) is 0 Å². The Morgan fingerprint density at radius 1 is 1.62 bits per heavy atom. The molecule has 1 heterocycles. The Labute approximate surface area is 77.3 Å². The second-order valence-corrected chi connectivity index (χ2v) is 3.01. The smallest absolute Gasteiger partial charge is 0.654 e. The number of rotatable bonds is 1. The van der Waals surface area contributed by atoms with Crippen molar-refractivity contribution in [3.63, 3.8) is 0 Å². The molecule has 1 atom stereocenters. The number of hydrogen-bond acceptors (Lipinski definition) is 1. The Balaban J connectivity index is 0.000000490. The van der Waals surface area contributed by atoms with E-state index in [0.29, 0.717) is 5.37 Å². The summed E-state index contributed by atoms with van der Waals surface area (Å²) in [5, 5.41) is 4.79. The summed E-state index contributed by atoms with van der Waals surface area (Å²) in [5.74, 6) is 1.32. The fourth-order valence-corrected chi connectivity index (χ4v) is 1.85. The van der Waals surface area contributed by atoms with Gasteiger partial charge in [0.15, 0.2) is 0 Å². The molecule has 0 aliphatic carbocycles. The molecule has 0 aromatic carbocycles. The average Bonchev–Trinajstić information content (AvgIpc) is 2.14. The van der Waals surface area contributed by atoms with Crippen LogP contribution in [0.5, 0.6) is 0 Å². The van der Waals surface area contributed by atoms with Gasteiger partial charge in [-0.25, -0.2) is 0 Å². The quantitative estimate of drug-likeness (QED) is 0.418. The second-order valence-electron chi connectivity index (χ2n) is 1.73. The van der Waals surface area contributed by atoms with E-state index in [-0.39, 0.29) is 29.6 Å². The average molecular weight is 139 g/mol. The van der Waals surface area contributed by atoms with Crippen LogP contribution in [0.3, 0.4) is 0 Å². The third-order valence-electron chi connectivity index (χ3n) is 1.19. The van der Waals surface area contributed by atoms with E-state index >= 15 is 0 Å². The van der Waals surface area contributed by atoms with Gasteiger partial charge in [0.25, 0.3) is 0 Å². The number of thioether (sulfide) groups is 1. The summed E-state index contributed by atoms with van der Waals surface area (Å²) in [4.78, 5) is 0. The number of hydrogen-bond donors (Lipinski definition) is 0. The molecule has 1 saturated heterocycles. The van der Waals surface area contributed by atoms with Crippen molar-refractivity contribution in [3.8, 4) is 0 Å². The van der Waals surface area contributed by atoms with Crippen molar-refractivity contribution in [2.45, 2.75) is 18.2 Å². The van der Waals surface area contributed by atoms with Gasteiger partial charge in [-0.15, -0.1) is 0 Å². The van der Waals surface area contributed by atoms with Crippen LogP contribution in [-0.2, 0) is 0 Å². The molecule has 0 aromatic heterocycles. The van der Waals surface area contributed by atoms with Gasteiger partial charge >= 0.3 is 29.6 Å². The van der Waals surface area contributed by atoms with E-state index in [0.717, 1.165) is 0 Å². The maximum absolute atomic E-state index is 4.15. The maximum atomic E-state index is 4.15. The zero-order valence-electron chi connectivity index (χ0n) is 5.55. The van der Waals surface area contributed by atoms with E-state index in [2.05, 4.69) is 5.32 Å². The summed E-state index contributed by atoms with van der Waals surface area (Å²) in [5.41, 5.74) is 0. The summed E-state index contributed by atoms with van der Waals surface area (Å²) < 4.78 is 0. The fourth-order valence-electron chi connectivity index (χ4n) is 0.764. The van der Waals surface area contributed by atoms with Gasteiger partial charge in [0.2, 0.25) is 0 Å². The monoisotopic (exact) mass is 139 g/mol. The Morgan fingerprint density at radius 2 is 2.38 bits per heavy atom. The first-order valence-electron chi connectivity index (χ1n) is 2.64. The third-order valence-corrected chi connectivity index (χ3v) is 2.55. The maximum Gasteiger partial charge on any atom is 1.00 e. The Hall–Kier alpha value is 1.31. The van der Waals surface area contributed by atoms with Crippen molar-refractivity contribution in [1.29, 1.82) is 0 Å². The van der Waals surface area contributed by atoms with Gasteiger partial charge in [0, 0.05) is 0 Å². The molecule has 0 aromatic rings. The summed E-state index contributed by atoms with van der Waals surface area (Å²) >= 11 is 1.98. The topological polar surface area (TPSA) is 14.1 Å².